The van der Waals surface area contributed by atoms with Crippen LogP contribution in [-0.4, -0.2) is 23.1 Å². The number of carbonyl (C=O) groups is 2. The van der Waals surface area contributed by atoms with Gasteiger partial charge in [0.1, 0.15) is 0 Å². The van der Waals surface area contributed by atoms with E-state index in [1.165, 1.54) is 23.5 Å². The highest BCUT2D eigenvalue weighted by atomic mass is 35.5. The van der Waals surface area contributed by atoms with Crippen molar-refractivity contribution < 1.29 is 14.3 Å². The molecule has 134 valence electrons. The smallest absolute Gasteiger partial charge is 0.338 e. The van der Waals surface area contributed by atoms with Crippen LogP contribution in [0.1, 0.15) is 27.6 Å². The lowest BCUT2D eigenvalue weighted by molar-refractivity contribution is 0.0526. The monoisotopic (exact) mass is 408 g/mol. The minimum atomic E-state index is -0.442. The minimum Gasteiger partial charge on any atom is -0.462 e. The summed E-state index contributed by atoms with van der Waals surface area (Å²) >= 11 is 13.2. The van der Waals surface area contributed by atoms with Crippen molar-refractivity contribution in [3.8, 4) is 0 Å². The van der Waals surface area contributed by atoms with Gasteiger partial charge < -0.3 is 9.30 Å². The van der Waals surface area contributed by atoms with Crippen LogP contribution in [0.5, 0.6) is 0 Å². The Morgan fingerprint density at radius 2 is 1.81 bits per heavy atom. The number of aromatic nitrogens is 1. The van der Waals surface area contributed by atoms with Crippen molar-refractivity contribution in [3.63, 3.8) is 0 Å². The molecule has 0 bridgehead atoms. The summed E-state index contributed by atoms with van der Waals surface area (Å²) in [5, 5.41) is 0.742. The van der Waals surface area contributed by atoms with E-state index < -0.39 is 5.91 Å². The Bertz CT molecular complexity index is 1070. The molecular formula is C18H14Cl2N2O3S. The van der Waals surface area contributed by atoms with Gasteiger partial charge in [0, 0.05) is 22.7 Å². The molecule has 1 heterocycles. The number of fused-ring (bicyclic) bond motifs is 1. The molecule has 0 unspecified atom stereocenters. The second kappa shape index (κ2) is 7.61. The van der Waals surface area contributed by atoms with Gasteiger partial charge in [-0.05, 0) is 43.3 Å². The molecule has 8 heteroatoms. The second-order valence-electron chi connectivity index (χ2n) is 5.42. The van der Waals surface area contributed by atoms with E-state index in [0.29, 0.717) is 32.6 Å². The molecule has 0 aliphatic carbocycles. The number of esters is 1. The van der Waals surface area contributed by atoms with E-state index in [9.17, 15) is 9.59 Å². The summed E-state index contributed by atoms with van der Waals surface area (Å²) in [6, 6.07) is 9.82. The predicted octanol–water partition coefficient (Wildman–Crippen LogP) is 4.46. The molecule has 1 amide bonds. The van der Waals surface area contributed by atoms with Gasteiger partial charge in [0.25, 0.3) is 5.91 Å². The first kappa shape index (κ1) is 18.6. The molecule has 0 aliphatic rings. The summed E-state index contributed by atoms with van der Waals surface area (Å²) in [4.78, 5) is 29.0. The van der Waals surface area contributed by atoms with Crippen LogP contribution in [0, 0.1) is 0 Å². The molecule has 0 spiro atoms. The number of hydrogen-bond donors (Lipinski definition) is 0. The standard InChI is InChI=1S/C18H14Cl2N2O3S/c1-3-25-17(24)10-4-5-14-15(8-10)26-18(22(14)2)21-16(23)11-6-12(19)9-13(20)7-11/h4-9H,3H2,1-2H3. The summed E-state index contributed by atoms with van der Waals surface area (Å²) < 4.78 is 7.63. The molecule has 0 aliphatic heterocycles. The number of nitrogens with zero attached hydrogens (tertiary/aromatic N) is 2. The Balaban J connectivity index is 2.04. The Kier molecular flexibility index (Phi) is 5.46. The number of ether oxygens (including phenoxy) is 1. The summed E-state index contributed by atoms with van der Waals surface area (Å²) in [5.74, 6) is -0.823. The summed E-state index contributed by atoms with van der Waals surface area (Å²) in [7, 11) is 1.81. The van der Waals surface area contributed by atoms with Crippen molar-refractivity contribution >= 4 is 56.6 Å². The average molecular weight is 409 g/mol. The molecule has 0 saturated heterocycles. The zero-order chi connectivity index (χ0) is 18.8. The van der Waals surface area contributed by atoms with E-state index in [2.05, 4.69) is 4.99 Å². The lowest BCUT2D eigenvalue weighted by Crippen LogP contribution is -2.13. The topological polar surface area (TPSA) is 60.7 Å². The molecule has 0 atom stereocenters. The van der Waals surface area contributed by atoms with Crippen molar-refractivity contribution in [3.05, 3.63) is 62.4 Å². The number of rotatable bonds is 3. The van der Waals surface area contributed by atoms with Crippen LogP contribution in [-0.2, 0) is 11.8 Å². The number of carbonyl (C=O) groups excluding carboxylic acids is 2. The van der Waals surface area contributed by atoms with Gasteiger partial charge in [-0.1, -0.05) is 34.5 Å². The van der Waals surface area contributed by atoms with Gasteiger partial charge in [0.2, 0.25) is 0 Å². The number of halogens is 2. The largest absolute Gasteiger partial charge is 0.462 e. The minimum absolute atomic E-state index is 0.312. The van der Waals surface area contributed by atoms with Crippen molar-refractivity contribution in [2.75, 3.05) is 6.61 Å². The zero-order valence-electron chi connectivity index (χ0n) is 14.0. The fraction of sp³-hybridized carbons (Fsp3) is 0.167. The van der Waals surface area contributed by atoms with Crippen molar-refractivity contribution in [1.29, 1.82) is 0 Å². The highest BCUT2D eigenvalue weighted by molar-refractivity contribution is 7.16. The molecule has 3 rings (SSSR count). The van der Waals surface area contributed by atoms with Gasteiger partial charge in [0.05, 0.1) is 22.4 Å². The zero-order valence-corrected chi connectivity index (χ0v) is 16.3. The number of aryl methyl sites for hydroxylation is 1. The van der Waals surface area contributed by atoms with Gasteiger partial charge in [-0.3, -0.25) is 4.79 Å². The Labute approximate surface area is 163 Å². The quantitative estimate of drug-likeness (QED) is 0.600. The van der Waals surface area contributed by atoms with Gasteiger partial charge in [-0.15, -0.1) is 0 Å². The Morgan fingerprint density at radius 3 is 2.46 bits per heavy atom. The number of benzene rings is 2. The van der Waals surface area contributed by atoms with E-state index in [4.69, 9.17) is 27.9 Å². The van der Waals surface area contributed by atoms with Crippen LogP contribution < -0.4 is 4.80 Å². The number of hydrogen-bond acceptors (Lipinski definition) is 4. The third-order valence-corrected chi connectivity index (χ3v) is 5.16. The van der Waals surface area contributed by atoms with E-state index in [1.54, 1.807) is 42.8 Å². The SMILES string of the molecule is CCOC(=O)c1ccc2c(c1)sc(=NC(=O)c1cc(Cl)cc(Cl)c1)n2C. The lowest BCUT2D eigenvalue weighted by Gasteiger charge is -2.01. The van der Waals surface area contributed by atoms with Crippen molar-refractivity contribution in [2.45, 2.75) is 6.92 Å². The van der Waals surface area contributed by atoms with E-state index in [1.807, 2.05) is 0 Å². The summed E-state index contributed by atoms with van der Waals surface area (Å²) in [6.45, 7) is 2.07. The molecule has 0 saturated carbocycles. The fourth-order valence-corrected chi connectivity index (χ4v) is 3.99. The number of amides is 1. The van der Waals surface area contributed by atoms with Gasteiger partial charge >= 0.3 is 5.97 Å². The normalized spacial score (nSPS) is 11.8. The third-order valence-electron chi connectivity index (χ3n) is 3.63. The first-order chi connectivity index (χ1) is 12.4. The molecule has 0 fully saturated rings. The van der Waals surface area contributed by atoms with Crippen LogP contribution in [0.25, 0.3) is 10.2 Å². The van der Waals surface area contributed by atoms with Crippen LogP contribution in [0.2, 0.25) is 10.0 Å². The molecule has 5 nitrogen and oxygen atoms in total. The molecule has 26 heavy (non-hydrogen) atoms. The van der Waals surface area contributed by atoms with Crippen molar-refractivity contribution in [2.24, 2.45) is 12.0 Å². The molecule has 3 aromatic rings. The van der Waals surface area contributed by atoms with Gasteiger partial charge in [-0.25, -0.2) is 4.79 Å². The molecule has 1 aromatic heterocycles. The maximum atomic E-state index is 12.4. The highest BCUT2D eigenvalue weighted by Crippen LogP contribution is 2.21. The third kappa shape index (κ3) is 3.82. The Hall–Kier alpha value is -2.15. The van der Waals surface area contributed by atoms with Gasteiger partial charge in [-0.2, -0.15) is 4.99 Å². The summed E-state index contributed by atoms with van der Waals surface area (Å²) in [6.07, 6.45) is 0. The van der Waals surface area contributed by atoms with Crippen LogP contribution in [0.15, 0.2) is 41.4 Å². The maximum Gasteiger partial charge on any atom is 0.338 e. The van der Waals surface area contributed by atoms with Gasteiger partial charge in [0.15, 0.2) is 4.80 Å². The lowest BCUT2D eigenvalue weighted by atomic mass is 10.2. The molecule has 0 N–H and O–H groups in total. The average Bonchev–Trinajstić information content (AvgIpc) is 2.89. The van der Waals surface area contributed by atoms with E-state index in [-0.39, 0.29) is 5.97 Å². The molecular weight excluding hydrogens is 395 g/mol. The first-order valence-corrected chi connectivity index (χ1v) is 9.28. The van der Waals surface area contributed by atoms with Crippen molar-refractivity contribution in [1.82, 2.24) is 4.57 Å². The first-order valence-electron chi connectivity index (χ1n) is 7.71. The Morgan fingerprint density at radius 1 is 1.12 bits per heavy atom. The van der Waals surface area contributed by atoms with Crippen LogP contribution in [0.4, 0.5) is 0 Å². The predicted molar refractivity (Wildman–Crippen MR) is 103 cm³/mol. The fourth-order valence-electron chi connectivity index (χ4n) is 2.41. The molecule has 0 radical (unpaired) electrons. The van der Waals surface area contributed by atoms with Crippen LogP contribution >= 0.6 is 34.5 Å². The highest BCUT2D eigenvalue weighted by Gasteiger charge is 2.12. The van der Waals surface area contributed by atoms with E-state index >= 15 is 0 Å². The van der Waals surface area contributed by atoms with E-state index in [0.717, 1.165) is 10.2 Å². The molecule has 2 aromatic carbocycles. The second-order valence-corrected chi connectivity index (χ2v) is 7.30. The number of thiazole rings is 1. The van der Waals surface area contributed by atoms with Crippen LogP contribution in [0.3, 0.4) is 0 Å². The summed E-state index contributed by atoms with van der Waals surface area (Å²) in [5.41, 5.74) is 1.63. The maximum absolute atomic E-state index is 12.4.